The Hall–Kier alpha value is -1.83. The Balaban J connectivity index is 1.69. The molecule has 1 aliphatic rings. The van der Waals surface area contributed by atoms with Crippen LogP contribution in [0.3, 0.4) is 0 Å². The molecule has 0 aliphatic heterocycles. The number of benzene rings is 1. The van der Waals surface area contributed by atoms with Crippen molar-refractivity contribution >= 4 is 0 Å². The maximum atomic E-state index is 12.7. The van der Waals surface area contributed by atoms with Gasteiger partial charge in [-0.25, -0.2) is 0 Å². The molecule has 1 aromatic rings. The summed E-state index contributed by atoms with van der Waals surface area (Å²) in [6.07, 6.45) is 4.88. The standard InChI is InChI=1S/C20H23F4N/c21-19(14-25)3-1-2-15-4-6-16(7-5-15)8-9-17-10-12-18(13-11-17)20(22,23)24/h3,10-13,15-16H,1-2,4-9H2/t15-,16-. The minimum absolute atomic E-state index is 0.588. The van der Waals surface area contributed by atoms with Gasteiger partial charge in [-0.05, 0) is 61.3 Å². The van der Waals surface area contributed by atoms with Crippen molar-refractivity contribution in [3.63, 3.8) is 0 Å². The lowest BCUT2D eigenvalue weighted by Crippen LogP contribution is -2.15. The summed E-state index contributed by atoms with van der Waals surface area (Å²) < 4.78 is 50.4. The Morgan fingerprint density at radius 2 is 1.60 bits per heavy atom. The lowest BCUT2D eigenvalue weighted by Gasteiger charge is -2.28. The highest BCUT2D eigenvalue weighted by Gasteiger charge is 2.30. The number of rotatable bonds is 6. The monoisotopic (exact) mass is 353 g/mol. The molecule has 0 aromatic heterocycles. The molecule has 1 saturated carbocycles. The maximum Gasteiger partial charge on any atom is 0.416 e. The van der Waals surface area contributed by atoms with Crippen molar-refractivity contribution in [3.05, 3.63) is 47.3 Å². The van der Waals surface area contributed by atoms with E-state index >= 15 is 0 Å². The van der Waals surface area contributed by atoms with E-state index in [4.69, 9.17) is 5.26 Å². The van der Waals surface area contributed by atoms with Crippen molar-refractivity contribution in [1.82, 2.24) is 0 Å². The van der Waals surface area contributed by atoms with Crippen LogP contribution in [0.1, 0.15) is 56.1 Å². The number of nitrogens with zero attached hydrogens (tertiary/aromatic N) is 1. The molecule has 0 radical (unpaired) electrons. The quantitative estimate of drug-likeness (QED) is 0.417. The topological polar surface area (TPSA) is 23.8 Å². The van der Waals surface area contributed by atoms with Crippen molar-refractivity contribution in [2.24, 2.45) is 11.8 Å². The van der Waals surface area contributed by atoms with Crippen LogP contribution in [-0.4, -0.2) is 0 Å². The first kappa shape index (κ1) is 19.5. The van der Waals surface area contributed by atoms with Crippen LogP contribution in [0.2, 0.25) is 0 Å². The van der Waals surface area contributed by atoms with Crippen LogP contribution in [-0.2, 0) is 12.6 Å². The maximum absolute atomic E-state index is 12.7. The normalized spacial score (nSPS) is 21.8. The Morgan fingerprint density at radius 3 is 2.12 bits per heavy atom. The third-order valence-corrected chi connectivity index (χ3v) is 5.09. The van der Waals surface area contributed by atoms with Gasteiger partial charge in [0.05, 0.1) is 5.56 Å². The van der Waals surface area contributed by atoms with Crippen LogP contribution in [0, 0.1) is 23.2 Å². The molecule has 0 N–H and O–H groups in total. The van der Waals surface area contributed by atoms with Crippen molar-refractivity contribution in [3.8, 4) is 6.07 Å². The summed E-state index contributed by atoms with van der Waals surface area (Å²) in [6, 6.07) is 6.94. The van der Waals surface area contributed by atoms with Crippen LogP contribution in [0.15, 0.2) is 36.2 Å². The Kier molecular flexibility index (Phi) is 7.04. The van der Waals surface area contributed by atoms with Crippen LogP contribution < -0.4 is 0 Å². The van der Waals surface area contributed by atoms with Crippen molar-refractivity contribution < 1.29 is 17.6 Å². The molecule has 0 amide bonds. The smallest absolute Gasteiger partial charge is 0.195 e. The second-order valence-electron chi connectivity index (χ2n) is 6.86. The van der Waals surface area contributed by atoms with E-state index in [2.05, 4.69) is 0 Å². The van der Waals surface area contributed by atoms with E-state index in [1.54, 1.807) is 12.1 Å². The number of hydrogen-bond acceptors (Lipinski definition) is 1. The molecule has 0 saturated heterocycles. The van der Waals surface area contributed by atoms with E-state index < -0.39 is 17.6 Å². The van der Waals surface area contributed by atoms with Gasteiger partial charge in [0.2, 0.25) is 0 Å². The average molecular weight is 353 g/mol. The van der Waals surface area contributed by atoms with Gasteiger partial charge in [0.1, 0.15) is 6.07 Å². The molecule has 1 nitrogen and oxygen atoms in total. The summed E-state index contributed by atoms with van der Waals surface area (Å²) in [6.45, 7) is 0. The molecule has 1 aromatic carbocycles. The van der Waals surface area contributed by atoms with Crippen LogP contribution >= 0.6 is 0 Å². The fourth-order valence-electron chi connectivity index (χ4n) is 3.53. The summed E-state index contributed by atoms with van der Waals surface area (Å²) >= 11 is 0. The van der Waals surface area contributed by atoms with Crippen molar-refractivity contribution in [1.29, 1.82) is 5.26 Å². The molecule has 1 aliphatic carbocycles. The first-order chi connectivity index (χ1) is 11.9. The fraction of sp³-hybridized carbons (Fsp3) is 0.550. The first-order valence-electron chi connectivity index (χ1n) is 8.80. The second kappa shape index (κ2) is 9.03. The molecule has 0 atom stereocenters. The van der Waals surface area contributed by atoms with Gasteiger partial charge in [-0.3, -0.25) is 0 Å². The minimum atomic E-state index is -4.28. The highest BCUT2D eigenvalue weighted by Crippen LogP contribution is 2.34. The highest BCUT2D eigenvalue weighted by molar-refractivity contribution is 5.24. The number of nitriles is 1. The molecule has 2 rings (SSSR count). The van der Waals surface area contributed by atoms with Gasteiger partial charge < -0.3 is 0 Å². The molecule has 0 spiro atoms. The van der Waals surface area contributed by atoms with E-state index in [1.165, 1.54) is 12.1 Å². The number of alkyl halides is 3. The lowest BCUT2D eigenvalue weighted by molar-refractivity contribution is -0.137. The van der Waals surface area contributed by atoms with Crippen molar-refractivity contribution in [2.75, 3.05) is 0 Å². The number of allylic oxidation sites excluding steroid dienone is 2. The van der Waals surface area contributed by atoms with Gasteiger partial charge in [-0.2, -0.15) is 22.8 Å². The van der Waals surface area contributed by atoms with Gasteiger partial charge in [0, 0.05) is 0 Å². The first-order valence-corrected chi connectivity index (χ1v) is 8.80. The van der Waals surface area contributed by atoms with Crippen LogP contribution in [0.4, 0.5) is 17.6 Å². The van der Waals surface area contributed by atoms with E-state index in [9.17, 15) is 17.6 Å². The summed E-state index contributed by atoms with van der Waals surface area (Å²) in [5, 5.41) is 8.37. The zero-order valence-corrected chi connectivity index (χ0v) is 14.2. The number of aryl methyl sites for hydroxylation is 1. The third-order valence-electron chi connectivity index (χ3n) is 5.09. The van der Waals surface area contributed by atoms with Crippen molar-refractivity contribution in [2.45, 2.75) is 57.5 Å². The van der Waals surface area contributed by atoms with Crippen LogP contribution in [0.25, 0.3) is 0 Å². The molecule has 136 valence electrons. The van der Waals surface area contributed by atoms with Gasteiger partial charge in [-0.1, -0.05) is 37.8 Å². The van der Waals surface area contributed by atoms with E-state index in [1.807, 2.05) is 0 Å². The zero-order chi connectivity index (χ0) is 18.3. The van der Waals surface area contributed by atoms with Gasteiger partial charge in [-0.15, -0.1) is 0 Å². The Morgan fingerprint density at radius 1 is 1.04 bits per heavy atom. The molecule has 5 heteroatoms. The molecule has 1 fully saturated rings. The van der Waals surface area contributed by atoms with Gasteiger partial charge in [0.15, 0.2) is 5.83 Å². The summed E-state index contributed by atoms with van der Waals surface area (Å²) in [5.41, 5.74) is 0.353. The summed E-state index contributed by atoms with van der Waals surface area (Å²) in [7, 11) is 0. The minimum Gasteiger partial charge on any atom is -0.195 e. The predicted octanol–water partition coefficient (Wildman–Crippen LogP) is 6.60. The summed E-state index contributed by atoms with van der Waals surface area (Å²) in [4.78, 5) is 0. The van der Waals surface area contributed by atoms with E-state index in [0.29, 0.717) is 18.3 Å². The highest BCUT2D eigenvalue weighted by atomic mass is 19.4. The Labute approximate surface area is 146 Å². The predicted molar refractivity (Wildman–Crippen MR) is 89.3 cm³/mol. The van der Waals surface area contributed by atoms with Crippen LogP contribution in [0.5, 0.6) is 0 Å². The molecular weight excluding hydrogens is 330 g/mol. The molecule has 25 heavy (non-hydrogen) atoms. The van der Waals surface area contributed by atoms with Gasteiger partial charge in [0.25, 0.3) is 0 Å². The number of halogens is 4. The Bertz CT molecular complexity index is 602. The molecule has 0 unspecified atom stereocenters. The second-order valence-corrected chi connectivity index (χ2v) is 6.86. The van der Waals surface area contributed by atoms with E-state index in [0.717, 1.165) is 62.6 Å². The fourth-order valence-corrected chi connectivity index (χ4v) is 3.53. The number of hydrogen-bond donors (Lipinski definition) is 0. The lowest BCUT2D eigenvalue weighted by atomic mass is 9.78. The zero-order valence-electron chi connectivity index (χ0n) is 14.2. The van der Waals surface area contributed by atoms with E-state index in [-0.39, 0.29) is 0 Å². The average Bonchev–Trinajstić information content (AvgIpc) is 2.60. The van der Waals surface area contributed by atoms with Gasteiger partial charge >= 0.3 is 6.18 Å². The molecule has 0 bridgehead atoms. The third kappa shape index (κ3) is 6.53. The molecular formula is C20H23F4N. The molecule has 0 heterocycles. The SMILES string of the molecule is N#CC(F)=CCC[C@H]1CC[C@H](CCc2ccc(C(F)(F)F)cc2)CC1. The summed E-state index contributed by atoms with van der Waals surface area (Å²) in [5.74, 6) is 0.500. The largest absolute Gasteiger partial charge is 0.416 e.